The van der Waals surface area contributed by atoms with Crippen molar-refractivity contribution in [2.75, 3.05) is 34.9 Å². The summed E-state index contributed by atoms with van der Waals surface area (Å²) in [6, 6.07) is -0.171. The van der Waals surface area contributed by atoms with Gasteiger partial charge in [-0.1, -0.05) is 33.8 Å². The van der Waals surface area contributed by atoms with Gasteiger partial charge in [-0.05, 0) is 65.3 Å². The van der Waals surface area contributed by atoms with Gasteiger partial charge in [0, 0.05) is 38.2 Å². The third-order valence-electron chi connectivity index (χ3n) is 10.8. The van der Waals surface area contributed by atoms with Crippen LogP contribution in [0.4, 0.5) is 0 Å². The van der Waals surface area contributed by atoms with Crippen LogP contribution in [0.5, 0.6) is 0 Å². The monoisotopic (exact) mass is 727 g/mol. The van der Waals surface area contributed by atoms with Crippen molar-refractivity contribution < 1.29 is 62.8 Å². The molecule has 0 radical (unpaired) electrons. The van der Waals surface area contributed by atoms with Gasteiger partial charge in [-0.3, -0.25) is 4.79 Å². The van der Waals surface area contributed by atoms with Crippen molar-refractivity contribution in [2.45, 2.75) is 146 Å². The molecular weight excluding hydrogens is 666 g/mol. The van der Waals surface area contributed by atoms with Crippen LogP contribution in [0.25, 0.3) is 0 Å². The number of nitrogens with zero attached hydrogens (tertiary/aromatic N) is 1. The number of likely N-dealkylation sites (N-methyl/N-ethyl adjacent to an activating group) is 1. The number of hydrogen-bond donors (Lipinski definition) is 3. The predicted molar refractivity (Wildman–Crippen MR) is 184 cm³/mol. The van der Waals surface area contributed by atoms with Crippen LogP contribution >= 0.6 is 0 Å². The first-order valence-electron chi connectivity index (χ1n) is 18.2. The number of epoxide rings is 1. The Hall–Kier alpha value is -1.82. The lowest BCUT2D eigenvalue weighted by molar-refractivity contribution is -0.313. The molecule has 0 aliphatic carbocycles. The Morgan fingerprint density at radius 3 is 2.20 bits per heavy atom. The van der Waals surface area contributed by atoms with Gasteiger partial charge in [-0.2, -0.15) is 0 Å². The number of cyclic esters (lactones) is 1. The van der Waals surface area contributed by atoms with E-state index in [2.05, 4.69) is 0 Å². The van der Waals surface area contributed by atoms with Crippen LogP contribution in [0.1, 0.15) is 60.8 Å². The Balaban J connectivity index is 1.59. The molecule has 0 spiro atoms. The van der Waals surface area contributed by atoms with Crippen molar-refractivity contribution in [1.82, 2.24) is 4.90 Å². The van der Waals surface area contributed by atoms with E-state index in [9.17, 15) is 24.9 Å². The van der Waals surface area contributed by atoms with E-state index in [1.54, 1.807) is 26.0 Å². The number of carbonyl (C=O) groups excluding carboxylic acids is 2. The van der Waals surface area contributed by atoms with E-state index in [1.807, 2.05) is 46.7 Å². The van der Waals surface area contributed by atoms with Crippen LogP contribution < -0.4 is 0 Å². The zero-order valence-electron chi connectivity index (χ0n) is 31.7. The third-order valence-corrected chi connectivity index (χ3v) is 10.8. The summed E-state index contributed by atoms with van der Waals surface area (Å²) in [5, 5.41) is 34.0. The Morgan fingerprint density at radius 1 is 0.882 bits per heavy atom. The number of carbonyl (C=O) groups is 2. The van der Waals surface area contributed by atoms with E-state index in [-0.39, 0.29) is 48.7 Å². The number of aliphatic hydroxyl groups is 3. The lowest BCUT2D eigenvalue weighted by Crippen LogP contribution is -2.60. The zero-order chi connectivity index (χ0) is 37.8. The number of hydrogen-bond acceptors (Lipinski definition) is 14. The van der Waals surface area contributed by atoms with Crippen molar-refractivity contribution in [3.63, 3.8) is 0 Å². The van der Waals surface area contributed by atoms with Gasteiger partial charge in [0.25, 0.3) is 0 Å². The first kappa shape index (κ1) is 41.9. The van der Waals surface area contributed by atoms with Crippen molar-refractivity contribution in [1.29, 1.82) is 0 Å². The first-order valence-corrected chi connectivity index (χ1v) is 18.2. The minimum atomic E-state index is -1.86. The van der Waals surface area contributed by atoms with Crippen LogP contribution in [0.2, 0.25) is 0 Å². The van der Waals surface area contributed by atoms with Crippen molar-refractivity contribution in [3.8, 4) is 0 Å². The van der Waals surface area contributed by atoms with E-state index in [0.29, 0.717) is 12.8 Å². The average Bonchev–Trinajstić information content (AvgIpc) is 3.88. The summed E-state index contributed by atoms with van der Waals surface area (Å²) in [6.07, 6.45) is -1.95. The van der Waals surface area contributed by atoms with Gasteiger partial charge >= 0.3 is 5.97 Å². The Bertz CT molecular complexity index is 1210. The molecule has 14 nitrogen and oxygen atoms in total. The number of allylic oxidation sites excluding steroid dienone is 1. The molecule has 0 aromatic carbocycles. The van der Waals surface area contributed by atoms with E-state index in [0.717, 1.165) is 0 Å². The van der Waals surface area contributed by atoms with Crippen molar-refractivity contribution in [2.24, 2.45) is 17.8 Å². The minimum absolute atomic E-state index is 0.115. The predicted octanol–water partition coefficient (Wildman–Crippen LogP) is 1.76. The van der Waals surface area contributed by atoms with Crippen LogP contribution in [0.3, 0.4) is 0 Å². The zero-order valence-corrected chi connectivity index (χ0v) is 31.7. The van der Waals surface area contributed by atoms with Crippen LogP contribution in [-0.4, -0.2) is 152 Å². The topological polar surface area (TPSA) is 175 Å². The van der Waals surface area contributed by atoms with E-state index < -0.39 is 79.1 Å². The largest absolute Gasteiger partial charge is 0.456 e. The molecule has 4 rings (SSSR count). The lowest BCUT2D eigenvalue weighted by Gasteiger charge is -2.43. The van der Waals surface area contributed by atoms with Crippen LogP contribution in [0.15, 0.2) is 24.3 Å². The van der Waals surface area contributed by atoms with E-state index >= 15 is 0 Å². The molecule has 0 saturated carbocycles. The Morgan fingerprint density at radius 2 is 1.57 bits per heavy atom. The van der Waals surface area contributed by atoms with Gasteiger partial charge in [0.2, 0.25) is 0 Å². The van der Waals surface area contributed by atoms with Crippen molar-refractivity contribution >= 4 is 11.8 Å². The fourth-order valence-electron chi connectivity index (χ4n) is 7.69. The second-order valence-electron chi connectivity index (χ2n) is 15.0. The smallest absolute Gasteiger partial charge is 0.330 e. The molecule has 3 N–H and O–H groups in total. The number of esters is 1. The summed E-state index contributed by atoms with van der Waals surface area (Å²) >= 11 is 0. The van der Waals surface area contributed by atoms with Gasteiger partial charge < -0.3 is 58.1 Å². The molecule has 0 aromatic heterocycles. The van der Waals surface area contributed by atoms with Gasteiger partial charge in [0.05, 0.1) is 24.9 Å². The molecule has 4 aliphatic heterocycles. The maximum absolute atomic E-state index is 13.4. The van der Waals surface area contributed by atoms with Crippen molar-refractivity contribution in [3.05, 3.63) is 24.3 Å². The van der Waals surface area contributed by atoms with Crippen LogP contribution in [-0.2, 0) is 47.5 Å². The molecule has 17 atom stereocenters. The molecule has 0 bridgehead atoms. The number of aliphatic hydroxyl groups excluding tert-OH is 2. The van der Waals surface area contributed by atoms with Gasteiger partial charge in [0.15, 0.2) is 24.0 Å². The highest BCUT2D eigenvalue weighted by Gasteiger charge is 2.59. The highest BCUT2D eigenvalue weighted by atomic mass is 16.7. The maximum atomic E-state index is 13.4. The van der Waals surface area contributed by atoms with Gasteiger partial charge in [0.1, 0.15) is 42.7 Å². The number of ketones is 1. The summed E-state index contributed by atoms with van der Waals surface area (Å²) in [4.78, 5) is 28.7. The number of methoxy groups -OCH3 is 2. The average molecular weight is 728 g/mol. The fraction of sp³-hybridized carbons (Fsp3) is 0.838. The molecule has 51 heavy (non-hydrogen) atoms. The Kier molecular flexibility index (Phi) is 14.8. The molecule has 4 aliphatic rings. The van der Waals surface area contributed by atoms with E-state index in [1.165, 1.54) is 26.4 Å². The van der Waals surface area contributed by atoms with Gasteiger partial charge in [-0.25, -0.2) is 4.79 Å². The number of fused-ring (bicyclic) bond motifs is 1. The van der Waals surface area contributed by atoms with Gasteiger partial charge in [-0.15, -0.1) is 0 Å². The highest BCUT2D eigenvalue weighted by molar-refractivity contribution is 5.91. The van der Waals surface area contributed by atoms with Crippen LogP contribution in [0, 0.1) is 17.8 Å². The fourth-order valence-corrected chi connectivity index (χ4v) is 7.69. The third kappa shape index (κ3) is 9.84. The normalized spacial score (nSPS) is 47.0. The number of rotatable bonds is 9. The summed E-state index contributed by atoms with van der Waals surface area (Å²) in [5.74, 6) is -1.71. The SMILES string of the molecule is CC[C@H]1OC(=O)/C=C/[C@H](C)[C@@H](O[C@@H]2O[C@H](C)C[C@H](N(C)C)[C@H]2O)[C@@H](C)C[C@@H](C)C(=O)/C=C\[C@@H]2O[C@H]2[C@]1(O)CO[C@@H]1O[C@H](C)[C@@H](O)[C@@H](OC)[C@H]1OC. The molecule has 4 heterocycles. The quantitative estimate of drug-likeness (QED) is 0.232. The summed E-state index contributed by atoms with van der Waals surface area (Å²) in [6.45, 7) is 10.7. The van der Waals surface area contributed by atoms with E-state index in [4.69, 9.17) is 37.9 Å². The minimum Gasteiger partial charge on any atom is -0.456 e. The lowest BCUT2D eigenvalue weighted by atomic mass is 9.84. The molecule has 0 unspecified atom stereocenters. The highest BCUT2D eigenvalue weighted by Crippen LogP contribution is 2.40. The summed E-state index contributed by atoms with van der Waals surface area (Å²) < 4.78 is 47.4. The summed E-state index contributed by atoms with van der Waals surface area (Å²) in [5.41, 5.74) is -1.86. The number of ether oxygens (including phenoxy) is 8. The standard InChI is InChI=1S/C37H61NO13/c1-11-27-37(43,18-46-36-33(45-10)32(44-9)29(41)23(6)48-36)34-26(49-34)14-13-25(39)20(3)16-21(4)31(19(2)12-15-28(40)50-27)51-35-30(42)24(38(7)8)17-22(5)47-35/h12-15,19-24,26-27,29-36,41-43H,11,16-18H2,1-10H3/b14-13-,15-12+/t19-,20+,21-,22+,23+,24-,26-,27+,29+,30+,31+,32+,33+,34+,35-,36+,37-/m0/s1. The molecule has 292 valence electrons. The second-order valence-corrected chi connectivity index (χ2v) is 15.0. The first-order chi connectivity index (χ1) is 24.1. The molecule has 3 saturated heterocycles. The summed E-state index contributed by atoms with van der Waals surface area (Å²) in [7, 11) is 6.70. The molecule has 3 fully saturated rings. The Labute approximate surface area is 302 Å². The molecule has 14 heteroatoms. The molecule has 0 aromatic rings. The molecular formula is C37H61NO13. The maximum Gasteiger partial charge on any atom is 0.330 e. The molecule has 0 amide bonds. The second kappa shape index (κ2) is 18.0.